The summed E-state index contributed by atoms with van der Waals surface area (Å²) in [6.07, 6.45) is 0.440. The molecule has 0 bridgehead atoms. The maximum absolute atomic E-state index is 13.3. The summed E-state index contributed by atoms with van der Waals surface area (Å²) in [5.74, 6) is -0.233. The molecule has 2 heterocycles. The quantitative estimate of drug-likeness (QED) is 0.471. The van der Waals surface area contributed by atoms with Crippen molar-refractivity contribution in [1.29, 1.82) is 0 Å². The van der Waals surface area contributed by atoms with Gasteiger partial charge >= 0.3 is 0 Å². The van der Waals surface area contributed by atoms with Gasteiger partial charge in [-0.1, -0.05) is 18.2 Å². The SMILES string of the molecule is COc1cccc([C@@H](CN2CCC(O)C2)N(C)C(=O)Cc2ccc3c(c2)NC(=O)CS3(O)O)c1. The number of likely N-dealkylation sites (N-methyl/N-ethyl adjacent to an activating group) is 1. The molecule has 34 heavy (non-hydrogen) atoms. The minimum absolute atomic E-state index is 0.0853. The highest BCUT2D eigenvalue weighted by Crippen LogP contribution is 2.53. The van der Waals surface area contributed by atoms with Crippen LogP contribution >= 0.6 is 10.6 Å². The number of anilines is 1. The molecule has 0 radical (unpaired) electrons. The van der Waals surface area contributed by atoms with E-state index >= 15 is 0 Å². The number of rotatable bonds is 7. The van der Waals surface area contributed by atoms with E-state index in [1.165, 1.54) is 0 Å². The minimum atomic E-state index is -3.17. The van der Waals surface area contributed by atoms with Crippen LogP contribution in [0.1, 0.15) is 23.6 Å². The molecular weight excluding hydrogens is 458 g/mol. The summed E-state index contributed by atoms with van der Waals surface area (Å²) in [6, 6.07) is 12.3. The van der Waals surface area contributed by atoms with E-state index in [-0.39, 0.29) is 30.2 Å². The molecule has 1 saturated heterocycles. The van der Waals surface area contributed by atoms with Gasteiger partial charge in [0.2, 0.25) is 11.8 Å². The molecule has 2 aromatic carbocycles. The van der Waals surface area contributed by atoms with Crippen LogP contribution < -0.4 is 10.1 Å². The van der Waals surface area contributed by atoms with Gasteiger partial charge in [0, 0.05) is 26.7 Å². The topological polar surface area (TPSA) is 123 Å². The Labute approximate surface area is 200 Å². The Morgan fingerprint density at radius 1 is 1.29 bits per heavy atom. The first kappa shape index (κ1) is 24.5. The minimum Gasteiger partial charge on any atom is -0.497 e. The first-order chi connectivity index (χ1) is 16.2. The lowest BCUT2D eigenvalue weighted by Crippen LogP contribution is -2.39. The number of carbonyl (C=O) groups is 2. The molecular formula is C24H31N3O6S. The number of amides is 2. The maximum atomic E-state index is 13.3. The van der Waals surface area contributed by atoms with Crippen LogP contribution in [-0.2, 0) is 16.0 Å². The van der Waals surface area contributed by atoms with Gasteiger partial charge in [0.1, 0.15) is 11.5 Å². The fraction of sp³-hybridized carbons (Fsp3) is 0.417. The smallest absolute Gasteiger partial charge is 0.244 e. The van der Waals surface area contributed by atoms with Crippen LogP contribution in [0, 0.1) is 0 Å². The third kappa shape index (κ3) is 5.37. The lowest BCUT2D eigenvalue weighted by atomic mass is 10.0. The van der Waals surface area contributed by atoms with Crippen molar-refractivity contribution in [3.05, 3.63) is 53.6 Å². The number of nitrogens with one attached hydrogen (secondary N) is 1. The van der Waals surface area contributed by atoms with Crippen LogP contribution in [0.25, 0.3) is 0 Å². The van der Waals surface area contributed by atoms with Crippen molar-refractivity contribution in [2.75, 3.05) is 44.9 Å². The molecule has 0 saturated carbocycles. The van der Waals surface area contributed by atoms with Gasteiger partial charge < -0.3 is 20.1 Å². The van der Waals surface area contributed by atoms with E-state index in [1.54, 1.807) is 37.3 Å². The molecule has 0 spiro atoms. The van der Waals surface area contributed by atoms with E-state index in [4.69, 9.17) is 4.74 Å². The van der Waals surface area contributed by atoms with Gasteiger partial charge in [-0.05, 0) is 41.8 Å². The van der Waals surface area contributed by atoms with E-state index in [9.17, 15) is 23.8 Å². The van der Waals surface area contributed by atoms with Crippen LogP contribution in [-0.4, -0.2) is 81.5 Å². The van der Waals surface area contributed by atoms with E-state index in [2.05, 4.69) is 10.2 Å². The van der Waals surface area contributed by atoms with Gasteiger partial charge in [-0.2, -0.15) is 10.6 Å². The summed E-state index contributed by atoms with van der Waals surface area (Å²) < 4.78 is 25.8. The third-order valence-corrected chi connectivity index (χ3v) is 8.10. The van der Waals surface area contributed by atoms with E-state index in [1.807, 2.05) is 24.3 Å². The van der Waals surface area contributed by atoms with Crippen molar-refractivity contribution in [1.82, 2.24) is 9.80 Å². The van der Waals surface area contributed by atoms with Crippen molar-refractivity contribution in [2.24, 2.45) is 0 Å². The summed E-state index contributed by atoms with van der Waals surface area (Å²) >= 11 is 0. The molecule has 2 aromatic rings. The van der Waals surface area contributed by atoms with Gasteiger partial charge in [0.15, 0.2) is 0 Å². The van der Waals surface area contributed by atoms with Gasteiger partial charge in [0.05, 0.1) is 36.3 Å². The van der Waals surface area contributed by atoms with Crippen LogP contribution in [0.15, 0.2) is 47.4 Å². The van der Waals surface area contributed by atoms with Gasteiger partial charge in [-0.15, -0.1) is 0 Å². The highest BCUT2D eigenvalue weighted by Gasteiger charge is 2.31. The molecule has 2 aliphatic rings. The predicted octanol–water partition coefficient (Wildman–Crippen LogP) is 2.57. The Morgan fingerprint density at radius 2 is 2.09 bits per heavy atom. The Bertz CT molecular complexity index is 1080. The molecule has 9 nitrogen and oxygen atoms in total. The van der Waals surface area contributed by atoms with Crippen molar-refractivity contribution in [2.45, 2.75) is 29.9 Å². The Balaban J connectivity index is 1.55. The zero-order valence-corrected chi connectivity index (χ0v) is 20.1. The molecule has 2 atom stereocenters. The third-order valence-electron chi connectivity index (χ3n) is 6.38. The number of aliphatic hydroxyl groups is 1. The molecule has 1 unspecified atom stereocenters. The fourth-order valence-corrected chi connectivity index (χ4v) is 5.85. The zero-order valence-electron chi connectivity index (χ0n) is 19.3. The number of hydrogen-bond acceptors (Lipinski definition) is 7. The number of ether oxygens (including phenoxy) is 1. The van der Waals surface area contributed by atoms with E-state index < -0.39 is 16.5 Å². The number of carbonyl (C=O) groups excluding carboxylic acids is 2. The molecule has 0 aromatic heterocycles. The molecule has 184 valence electrons. The van der Waals surface area contributed by atoms with Gasteiger partial charge in [0.25, 0.3) is 0 Å². The second-order valence-corrected chi connectivity index (χ2v) is 10.9. The Kier molecular flexibility index (Phi) is 7.15. The highest BCUT2D eigenvalue weighted by molar-refractivity contribution is 8.25. The number of nitrogens with zero attached hydrogens (tertiary/aromatic N) is 2. The number of hydrogen-bond donors (Lipinski definition) is 4. The molecule has 2 aliphatic heterocycles. The number of β-amino-alcohol motifs (C(OH)–C–C–N with tert-alkyl or cyclic N) is 1. The van der Waals surface area contributed by atoms with Crippen molar-refractivity contribution >= 4 is 28.1 Å². The van der Waals surface area contributed by atoms with Gasteiger partial charge in [-0.25, -0.2) is 0 Å². The highest BCUT2D eigenvalue weighted by atomic mass is 32.3. The maximum Gasteiger partial charge on any atom is 0.244 e. The summed E-state index contributed by atoms with van der Waals surface area (Å²) in [6.45, 7) is 1.91. The largest absolute Gasteiger partial charge is 0.497 e. The van der Waals surface area contributed by atoms with Crippen LogP contribution in [0.5, 0.6) is 5.75 Å². The summed E-state index contributed by atoms with van der Waals surface area (Å²) in [5, 5.41) is 12.6. The monoisotopic (exact) mass is 489 g/mol. The van der Waals surface area contributed by atoms with Crippen molar-refractivity contribution in [3.8, 4) is 5.75 Å². The molecule has 10 heteroatoms. The Morgan fingerprint density at radius 3 is 2.79 bits per heavy atom. The fourth-order valence-electron chi connectivity index (χ4n) is 4.51. The summed E-state index contributed by atoms with van der Waals surface area (Å²) in [7, 11) is 0.189. The molecule has 0 aliphatic carbocycles. The second kappa shape index (κ2) is 9.93. The molecule has 2 amide bonds. The number of aliphatic hydroxyl groups excluding tert-OH is 1. The van der Waals surface area contributed by atoms with E-state index in [0.717, 1.165) is 12.1 Å². The first-order valence-corrected chi connectivity index (χ1v) is 12.9. The number of methoxy groups -OCH3 is 1. The van der Waals surface area contributed by atoms with Crippen LogP contribution in [0.3, 0.4) is 0 Å². The average molecular weight is 490 g/mol. The molecule has 4 rings (SSSR count). The summed E-state index contributed by atoms with van der Waals surface area (Å²) in [5.41, 5.74) is 1.93. The Hall–Kier alpha value is -2.63. The number of fused-ring (bicyclic) bond motifs is 1. The van der Waals surface area contributed by atoms with Gasteiger partial charge in [-0.3, -0.25) is 23.6 Å². The van der Waals surface area contributed by atoms with Crippen LogP contribution in [0.2, 0.25) is 0 Å². The second-order valence-electron chi connectivity index (χ2n) is 8.87. The lowest BCUT2D eigenvalue weighted by Gasteiger charge is -2.37. The standard InChI is InChI=1S/C24H31N3O6S/c1-26(21(14-27-9-8-18(28)13-27)17-4-3-5-19(12-17)33-2)24(30)11-16-6-7-22-20(10-16)25-23(29)15-34(22,31)32/h3-7,10,12,18,21,28,31-32H,8-9,11,13-15H2,1-2H3,(H,25,29)/t18?,21-/m1/s1. The zero-order chi connectivity index (χ0) is 24.5. The van der Waals surface area contributed by atoms with Crippen molar-refractivity contribution in [3.63, 3.8) is 0 Å². The van der Waals surface area contributed by atoms with E-state index in [0.29, 0.717) is 41.4 Å². The van der Waals surface area contributed by atoms with Crippen molar-refractivity contribution < 1.29 is 28.5 Å². The normalized spacial score (nSPS) is 21.3. The average Bonchev–Trinajstić information content (AvgIpc) is 3.20. The number of benzene rings is 2. The first-order valence-electron chi connectivity index (χ1n) is 11.1. The molecule has 1 fully saturated rings. The van der Waals surface area contributed by atoms with Crippen LogP contribution in [0.4, 0.5) is 5.69 Å². The lowest BCUT2D eigenvalue weighted by molar-refractivity contribution is -0.131. The summed E-state index contributed by atoms with van der Waals surface area (Å²) in [4.78, 5) is 29.3. The number of likely N-dealkylation sites (tertiary alicyclic amines) is 1. The molecule has 4 N–H and O–H groups in total. The predicted molar refractivity (Wildman–Crippen MR) is 130 cm³/mol.